The summed E-state index contributed by atoms with van der Waals surface area (Å²) in [5, 5.41) is 19.9. The summed E-state index contributed by atoms with van der Waals surface area (Å²) in [6.45, 7) is 13.2. The van der Waals surface area contributed by atoms with Gasteiger partial charge in [-0.25, -0.2) is 0 Å². The van der Waals surface area contributed by atoms with Gasteiger partial charge in [-0.3, -0.25) is 24.0 Å². The van der Waals surface area contributed by atoms with Crippen LogP contribution in [0.25, 0.3) is 0 Å². The number of hydrogen-bond acceptors (Lipinski definition) is 6. The zero-order valence-electron chi connectivity index (χ0n) is 23.3. The van der Waals surface area contributed by atoms with Crippen LogP contribution in [0.1, 0.15) is 93.4 Å². The minimum atomic E-state index is -1.11. The molecule has 0 amide bonds. The lowest BCUT2D eigenvalue weighted by Crippen LogP contribution is -2.59. The zero-order valence-corrected chi connectivity index (χ0v) is 23.3. The maximum Gasteiger partial charge on any atom is 0.306 e. The first-order valence-electron chi connectivity index (χ1n) is 13.7. The van der Waals surface area contributed by atoms with Gasteiger partial charge < -0.3 is 10.2 Å². The van der Waals surface area contributed by atoms with Crippen LogP contribution in [0.3, 0.4) is 0 Å². The van der Waals surface area contributed by atoms with Gasteiger partial charge in [0, 0.05) is 48.7 Å². The molecule has 7 heteroatoms. The number of Topliss-reactive ketones (excluding diaryl/α,β-unsaturated/α-hetero) is 4. The quantitative estimate of drug-likeness (QED) is 0.540. The summed E-state index contributed by atoms with van der Waals surface area (Å²) in [4.78, 5) is 65.6. The number of carboxylic acids is 1. The van der Waals surface area contributed by atoms with E-state index >= 15 is 0 Å². The highest BCUT2D eigenvalue weighted by molar-refractivity contribution is 6.16. The van der Waals surface area contributed by atoms with E-state index in [2.05, 4.69) is 0 Å². The monoisotopic (exact) mass is 514 g/mol. The minimum absolute atomic E-state index is 0.0521. The summed E-state index contributed by atoms with van der Waals surface area (Å²) in [7, 11) is 0. The highest BCUT2D eigenvalue weighted by Gasteiger charge is 2.70. The van der Waals surface area contributed by atoms with Crippen molar-refractivity contribution < 1.29 is 34.2 Å². The van der Waals surface area contributed by atoms with Gasteiger partial charge in [-0.05, 0) is 48.3 Å². The zero-order chi connectivity index (χ0) is 27.9. The van der Waals surface area contributed by atoms with Crippen LogP contribution in [0.5, 0.6) is 0 Å². The van der Waals surface area contributed by atoms with Crippen molar-refractivity contribution >= 4 is 29.1 Å². The topological polar surface area (TPSA) is 126 Å². The van der Waals surface area contributed by atoms with E-state index in [1.165, 1.54) is 6.92 Å². The molecule has 0 aromatic rings. The Morgan fingerprint density at radius 2 is 1.57 bits per heavy atom. The van der Waals surface area contributed by atoms with Crippen molar-refractivity contribution in [3.8, 4) is 0 Å². The summed E-state index contributed by atoms with van der Waals surface area (Å²) in [5.41, 5.74) is -2.13. The van der Waals surface area contributed by atoms with Crippen LogP contribution in [0.4, 0.5) is 0 Å². The Labute approximate surface area is 219 Å². The largest absolute Gasteiger partial charge is 0.481 e. The van der Waals surface area contributed by atoms with Crippen LogP contribution in [0, 0.1) is 45.3 Å². The Kier molecular flexibility index (Phi) is 6.54. The molecule has 2 fully saturated rings. The lowest BCUT2D eigenvalue weighted by atomic mass is 9.42. The number of aliphatic hydroxyl groups is 1. The number of carbonyl (C=O) groups is 5. The average Bonchev–Trinajstić information content (AvgIpc) is 2.99. The number of carboxylic acid groups (broad SMARTS) is 1. The maximum absolute atomic E-state index is 14.0. The van der Waals surface area contributed by atoms with Crippen LogP contribution in [-0.4, -0.2) is 45.4 Å². The van der Waals surface area contributed by atoms with Crippen LogP contribution >= 0.6 is 0 Å². The summed E-state index contributed by atoms with van der Waals surface area (Å²) in [6, 6.07) is 0. The lowest BCUT2D eigenvalue weighted by Gasteiger charge is -2.60. The van der Waals surface area contributed by atoms with Gasteiger partial charge in [-0.15, -0.1) is 0 Å². The number of rotatable bonds is 6. The molecule has 0 heterocycles. The fourth-order valence-corrected chi connectivity index (χ4v) is 8.84. The van der Waals surface area contributed by atoms with Gasteiger partial charge in [-0.1, -0.05) is 41.5 Å². The summed E-state index contributed by atoms with van der Waals surface area (Å²) >= 11 is 0. The van der Waals surface area contributed by atoms with Crippen LogP contribution in [-0.2, 0) is 24.0 Å². The molecule has 37 heavy (non-hydrogen) atoms. The molecule has 4 aliphatic carbocycles. The molecular formula is C30H42O7. The van der Waals surface area contributed by atoms with E-state index in [1.54, 1.807) is 0 Å². The molecule has 4 aliphatic rings. The molecule has 2 saturated carbocycles. The molecule has 204 valence electrons. The lowest BCUT2D eigenvalue weighted by molar-refractivity contribution is -0.145. The highest BCUT2D eigenvalue weighted by atomic mass is 16.4. The molecule has 2 N–H and O–H groups in total. The smallest absolute Gasteiger partial charge is 0.306 e. The molecule has 0 radical (unpaired) electrons. The van der Waals surface area contributed by atoms with Crippen LogP contribution in [0.2, 0.25) is 0 Å². The summed E-state index contributed by atoms with van der Waals surface area (Å²) in [6.07, 6.45) is 1.19. The third kappa shape index (κ3) is 3.74. The third-order valence-electron chi connectivity index (χ3n) is 11.4. The molecule has 0 aliphatic heterocycles. The van der Waals surface area contributed by atoms with Gasteiger partial charge in [0.1, 0.15) is 11.6 Å². The Morgan fingerprint density at radius 1 is 0.946 bits per heavy atom. The van der Waals surface area contributed by atoms with Crippen molar-refractivity contribution in [2.24, 2.45) is 45.3 Å². The predicted octanol–water partition coefficient (Wildman–Crippen LogP) is 4.34. The van der Waals surface area contributed by atoms with Gasteiger partial charge >= 0.3 is 5.97 Å². The first kappa shape index (κ1) is 27.9. The van der Waals surface area contributed by atoms with Gasteiger partial charge in [0.05, 0.1) is 17.4 Å². The van der Waals surface area contributed by atoms with Crippen LogP contribution < -0.4 is 0 Å². The van der Waals surface area contributed by atoms with Gasteiger partial charge in [0.15, 0.2) is 11.6 Å². The van der Waals surface area contributed by atoms with Crippen LogP contribution in [0.15, 0.2) is 11.1 Å². The van der Waals surface area contributed by atoms with Gasteiger partial charge in [-0.2, -0.15) is 0 Å². The fraction of sp³-hybridized carbons (Fsp3) is 0.767. The number of carbonyl (C=O) groups excluding carboxylic acids is 4. The predicted molar refractivity (Wildman–Crippen MR) is 136 cm³/mol. The Balaban J connectivity index is 1.75. The maximum atomic E-state index is 14.0. The van der Waals surface area contributed by atoms with Crippen molar-refractivity contribution in [3.63, 3.8) is 0 Å². The Hall–Kier alpha value is -2.15. The molecule has 0 bridgehead atoms. The second kappa shape index (κ2) is 8.69. The van der Waals surface area contributed by atoms with E-state index in [-0.39, 0.29) is 73.0 Å². The van der Waals surface area contributed by atoms with E-state index in [0.29, 0.717) is 24.0 Å². The average molecular weight is 515 g/mol. The Bertz CT molecular complexity index is 1110. The molecule has 0 aromatic heterocycles. The van der Waals surface area contributed by atoms with Gasteiger partial charge in [0.25, 0.3) is 0 Å². The molecular weight excluding hydrogens is 472 g/mol. The molecule has 0 saturated heterocycles. The van der Waals surface area contributed by atoms with Crippen molar-refractivity contribution in [2.75, 3.05) is 0 Å². The fourth-order valence-electron chi connectivity index (χ4n) is 8.84. The van der Waals surface area contributed by atoms with E-state index < -0.39 is 39.7 Å². The van der Waals surface area contributed by atoms with Crippen molar-refractivity contribution in [3.05, 3.63) is 11.1 Å². The highest BCUT2D eigenvalue weighted by Crippen LogP contribution is 2.70. The standard InChI is InChI=1S/C30H42O7/c1-15(10-17(31)11-16(2)26(36)37)18-12-23(35)30(7)25-19(32)13-21-27(3,4)22(34)8-9-28(21,5)24(25)20(33)14-29(18,30)6/h15-16,18,21-22,34H,8-14H2,1-7H3,(H,36,37)/t15-,16?,18?,21+,22+,28+,29-,30+/m1/s1. The number of fused-ring (bicyclic) bond motifs is 4. The minimum Gasteiger partial charge on any atom is -0.481 e. The van der Waals surface area contributed by atoms with Crippen molar-refractivity contribution in [1.82, 2.24) is 0 Å². The SMILES string of the molecule is CC(CC(=O)C[C@@H](C)C1CC(=O)[C@@]2(C)C3=C(C(=O)C[C@]12C)[C@@]1(C)CC[C@H](O)C(C)(C)[C@@H]1CC3=O)C(=O)O. The molecule has 8 atom stereocenters. The normalized spacial score (nSPS) is 40.5. The third-order valence-corrected chi connectivity index (χ3v) is 11.4. The molecule has 7 nitrogen and oxygen atoms in total. The Morgan fingerprint density at radius 3 is 2.16 bits per heavy atom. The van der Waals surface area contributed by atoms with E-state index in [0.717, 1.165) is 0 Å². The van der Waals surface area contributed by atoms with Gasteiger partial charge in [0.2, 0.25) is 0 Å². The van der Waals surface area contributed by atoms with Crippen molar-refractivity contribution in [2.45, 2.75) is 99.5 Å². The number of aliphatic carboxylic acids is 1. The van der Waals surface area contributed by atoms with Crippen molar-refractivity contribution in [1.29, 1.82) is 0 Å². The first-order chi connectivity index (χ1) is 16.9. The number of hydrogen-bond donors (Lipinski definition) is 2. The molecule has 0 spiro atoms. The molecule has 2 unspecified atom stereocenters. The first-order valence-corrected chi connectivity index (χ1v) is 13.7. The number of ketones is 4. The number of aliphatic hydroxyl groups excluding tert-OH is 1. The molecule has 4 rings (SSSR count). The summed E-state index contributed by atoms with van der Waals surface area (Å²) < 4.78 is 0. The second-order valence-electron chi connectivity index (χ2n) is 13.8. The van der Waals surface area contributed by atoms with E-state index in [4.69, 9.17) is 5.11 Å². The van der Waals surface area contributed by atoms with E-state index in [9.17, 15) is 29.1 Å². The number of allylic oxidation sites excluding steroid dienone is 2. The molecule has 0 aromatic carbocycles. The summed E-state index contributed by atoms with van der Waals surface area (Å²) in [5.74, 6) is -2.94. The van der Waals surface area contributed by atoms with E-state index in [1.807, 2.05) is 41.5 Å². The second-order valence-corrected chi connectivity index (χ2v) is 13.8.